The Bertz CT molecular complexity index is 557. The summed E-state index contributed by atoms with van der Waals surface area (Å²) in [5.74, 6) is -0.424. The Morgan fingerprint density at radius 1 is 1.00 bits per heavy atom. The largest absolute Gasteiger partial charge is 0.468 e. The van der Waals surface area contributed by atoms with Gasteiger partial charge in [-0.2, -0.15) is 0 Å². The highest BCUT2D eigenvalue weighted by molar-refractivity contribution is 5.76. The average Bonchev–Trinajstić information content (AvgIpc) is 2.56. The first kappa shape index (κ1) is 17.2. The van der Waals surface area contributed by atoms with Crippen molar-refractivity contribution in [1.29, 1.82) is 0 Å². The number of nitrogens with zero attached hydrogens (tertiary/aromatic N) is 1. The van der Waals surface area contributed by atoms with Gasteiger partial charge in [-0.15, -0.1) is 0 Å². The highest BCUT2D eigenvalue weighted by atomic mass is 16.5. The number of ether oxygens (including phenoxy) is 1. The van der Waals surface area contributed by atoms with Gasteiger partial charge >= 0.3 is 5.97 Å². The summed E-state index contributed by atoms with van der Waals surface area (Å²) in [5, 5.41) is 10.1. The first-order chi connectivity index (χ1) is 11.1. The lowest BCUT2D eigenvalue weighted by molar-refractivity contribution is -0.151. The van der Waals surface area contributed by atoms with Gasteiger partial charge in [0.1, 0.15) is 6.04 Å². The molecular weight excluding hydrogens is 290 g/mol. The summed E-state index contributed by atoms with van der Waals surface area (Å²) >= 11 is 0. The van der Waals surface area contributed by atoms with E-state index in [1.807, 2.05) is 65.6 Å². The molecule has 2 aromatic carbocycles. The van der Waals surface area contributed by atoms with E-state index in [1.54, 1.807) is 6.92 Å². The predicted molar refractivity (Wildman–Crippen MR) is 89.6 cm³/mol. The van der Waals surface area contributed by atoms with E-state index in [9.17, 15) is 9.90 Å². The number of aliphatic hydroxyl groups is 1. The van der Waals surface area contributed by atoms with E-state index in [0.717, 1.165) is 11.1 Å². The van der Waals surface area contributed by atoms with Crippen molar-refractivity contribution in [3.05, 3.63) is 71.8 Å². The van der Waals surface area contributed by atoms with Crippen molar-refractivity contribution in [2.45, 2.75) is 32.2 Å². The third-order valence-corrected chi connectivity index (χ3v) is 3.75. The maximum Gasteiger partial charge on any atom is 0.325 e. The SMILES string of the molecule is COC(=O)C(C(C)O)N(Cc1ccccc1)Cc1ccccc1. The Morgan fingerprint density at radius 2 is 1.43 bits per heavy atom. The number of benzene rings is 2. The molecule has 23 heavy (non-hydrogen) atoms. The van der Waals surface area contributed by atoms with Gasteiger partial charge in [-0.1, -0.05) is 60.7 Å². The second kappa shape index (κ2) is 8.46. The molecule has 122 valence electrons. The van der Waals surface area contributed by atoms with Crippen LogP contribution < -0.4 is 0 Å². The molecule has 0 saturated carbocycles. The maximum atomic E-state index is 12.2. The van der Waals surface area contributed by atoms with E-state index >= 15 is 0 Å². The zero-order valence-corrected chi connectivity index (χ0v) is 13.6. The van der Waals surface area contributed by atoms with Gasteiger partial charge in [0, 0.05) is 13.1 Å². The second-order valence-corrected chi connectivity index (χ2v) is 5.58. The molecule has 0 aliphatic heterocycles. The molecule has 0 aliphatic rings. The summed E-state index contributed by atoms with van der Waals surface area (Å²) in [6.07, 6.45) is -0.824. The minimum Gasteiger partial charge on any atom is -0.468 e. The normalized spacial score (nSPS) is 13.6. The molecule has 0 aliphatic carbocycles. The minimum absolute atomic E-state index is 0.424. The Morgan fingerprint density at radius 3 is 1.78 bits per heavy atom. The monoisotopic (exact) mass is 313 g/mol. The molecule has 0 saturated heterocycles. The summed E-state index contributed by atoms with van der Waals surface area (Å²) in [6, 6.07) is 19.1. The lowest BCUT2D eigenvalue weighted by atomic mass is 10.1. The van der Waals surface area contributed by atoms with Gasteiger partial charge in [0.2, 0.25) is 0 Å². The molecule has 0 amide bonds. The van der Waals surface area contributed by atoms with Crippen LogP contribution >= 0.6 is 0 Å². The first-order valence-electron chi connectivity index (χ1n) is 7.69. The van der Waals surface area contributed by atoms with Crippen molar-refractivity contribution in [2.75, 3.05) is 7.11 Å². The summed E-state index contributed by atoms with van der Waals surface area (Å²) in [5.41, 5.74) is 2.16. The molecule has 2 rings (SSSR count). The molecule has 0 bridgehead atoms. The lowest BCUT2D eigenvalue weighted by Crippen LogP contribution is -2.47. The number of carbonyl (C=O) groups is 1. The number of hydrogen-bond acceptors (Lipinski definition) is 4. The van der Waals surface area contributed by atoms with Gasteiger partial charge in [-0.25, -0.2) is 0 Å². The van der Waals surface area contributed by atoms with Crippen LogP contribution in [0, 0.1) is 0 Å². The lowest BCUT2D eigenvalue weighted by Gasteiger charge is -2.31. The van der Waals surface area contributed by atoms with Crippen LogP contribution in [-0.2, 0) is 22.6 Å². The van der Waals surface area contributed by atoms with E-state index in [1.165, 1.54) is 7.11 Å². The molecule has 4 nitrogen and oxygen atoms in total. The Balaban J connectivity index is 2.27. The van der Waals surface area contributed by atoms with Crippen LogP contribution in [0.25, 0.3) is 0 Å². The van der Waals surface area contributed by atoms with E-state index < -0.39 is 18.1 Å². The van der Waals surface area contributed by atoms with E-state index in [-0.39, 0.29) is 0 Å². The zero-order chi connectivity index (χ0) is 16.7. The van der Waals surface area contributed by atoms with Crippen LogP contribution in [0.1, 0.15) is 18.1 Å². The van der Waals surface area contributed by atoms with Crippen molar-refractivity contribution in [3.63, 3.8) is 0 Å². The minimum atomic E-state index is -0.824. The fourth-order valence-corrected chi connectivity index (χ4v) is 2.66. The van der Waals surface area contributed by atoms with Crippen molar-refractivity contribution >= 4 is 5.97 Å². The quantitative estimate of drug-likeness (QED) is 0.798. The number of aliphatic hydroxyl groups excluding tert-OH is 1. The first-order valence-corrected chi connectivity index (χ1v) is 7.69. The molecule has 2 unspecified atom stereocenters. The number of hydrogen-bond donors (Lipinski definition) is 1. The molecule has 0 aromatic heterocycles. The summed E-state index contributed by atoms with van der Waals surface area (Å²) in [4.78, 5) is 14.1. The van der Waals surface area contributed by atoms with Crippen LogP contribution in [0.5, 0.6) is 0 Å². The van der Waals surface area contributed by atoms with Gasteiger partial charge < -0.3 is 9.84 Å². The molecule has 1 N–H and O–H groups in total. The molecule has 4 heteroatoms. The van der Waals surface area contributed by atoms with Crippen LogP contribution in [-0.4, -0.2) is 35.2 Å². The van der Waals surface area contributed by atoms with Gasteiger partial charge in [0.15, 0.2) is 0 Å². The third-order valence-electron chi connectivity index (χ3n) is 3.75. The summed E-state index contributed by atoms with van der Waals surface area (Å²) < 4.78 is 4.89. The average molecular weight is 313 g/mol. The maximum absolute atomic E-state index is 12.2. The van der Waals surface area contributed by atoms with Crippen molar-refractivity contribution in [1.82, 2.24) is 4.90 Å². The Hall–Kier alpha value is -2.17. The molecule has 2 atom stereocenters. The van der Waals surface area contributed by atoms with Gasteiger partial charge in [-0.05, 0) is 18.1 Å². The molecule has 0 radical (unpaired) electrons. The smallest absolute Gasteiger partial charge is 0.325 e. The standard InChI is InChI=1S/C19H23NO3/c1-15(21)18(19(22)23-2)20(13-16-9-5-3-6-10-16)14-17-11-7-4-8-12-17/h3-12,15,18,21H,13-14H2,1-2H3. The van der Waals surface area contributed by atoms with Crippen molar-refractivity contribution in [3.8, 4) is 0 Å². The molecule has 2 aromatic rings. The van der Waals surface area contributed by atoms with Crippen molar-refractivity contribution < 1.29 is 14.6 Å². The fraction of sp³-hybridized carbons (Fsp3) is 0.316. The van der Waals surface area contributed by atoms with Crippen LogP contribution in [0.2, 0.25) is 0 Å². The Kier molecular flexibility index (Phi) is 6.32. The van der Waals surface area contributed by atoms with E-state index in [4.69, 9.17) is 4.74 Å². The number of methoxy groups -OCH3 is 1. The van der Waals surface area contributed by atoms with Crippen molar-refractivity contribution in [2.24, 2.45) is 0 Å². The second-order valence-electron chi connectivity index (χ2n) is 5.58. The number of esters is 1. The summed E-state index contributed by atoms with van der Waals surface area (Å²) in [7, 11) is 1.35. The predicted octanol–water partition coefficient (Wildman–Crippen LogP) is 2.61. The topological polar surface area (TPSA) is 49.8 Å². The number of rotatable bonds is 7. The highest BCUT2D eigenvalue weighted by Gasteiger charge is 2.31. The van der Waals surface area contributed by atoms with Crippen LogP contribution in [0.15, 0.2) is 60.7 Å². The number of carbonyl (C=O) groups excluding carboxylic acids is 1. The molecule has 0 spiro atoms. The Labute approximate surface area is 137 Å². The fourth-order valence-electron chi connectivity index (χ4n) is 2.66. The molecule has 0 heterocycles. The van der Waals surface area contributed by atoms with Crippen LogP contribution in [0.4, 0.5) is 0 Å². The molecule has 0 fully saturated rings. The van der Waals surface area contributed by atoms with E-state index in [0.29, 0.717) is 13.1 Å². The van der Waals surface area contributed by atoms with E-state index in [2.05, 4.69) is 0 Å². The van der Waals surface area contributed by atoms with Crippen LogP contribution in [0.3, 0.4) is 0 Å². The highest BCUT2D eigenvalue weighted by Crippen LogP contribution is 2.16. The van der Waals surface area contributed by atoms with Gasteiger partial charge in [0.05, 0.1) is 13.2 Å². The molecular formula is C19H23NO3. The van der Waals surface area contributed by atoms with Gasteiger partial charge in [-0.3, -0.25) is 9.69 Å². The van der Waals surface area contributed by atoms with Gasteiger partial charge in [0.25, 0.3) is 0 Å². The third kappa shape index (κ3) is 4.91. The summed E-state index contributed by atoms with van der Waals surface area (Å²) in [6.45, 7) is 2.73. The zero-order valence-electron chi connectivity index (χ0n) is 13.6.